The van der Waals surface area contributed by atoms with Crippen molar-refractivity contribution in [3.05, 3.63) is 0 Å². The number of nitrogens with one attached hydrogen (secondary N) is 1. The predicted octanol–water partition coefficient (Wildman–Crippen LogP) is 0.990. The minimum atomic E-state index is -0.928. The van der Waals surface area contributed by atoms with Crippen molar-refractivity contribution >= 4 is 5.97 Å². The van der Waals surface area contributed by atoms with Gasteiger partial charge in [0.15, 0.2) is 0 Å². The number of carboxylic acids is 1. The van der Waals surface area contributed by atoms with Crippen LogP contribution in [0, 0.1) is 17.8 Å². The molecule has 4 heteroatoms. The first-order valence-corrected chi connectivity index (χ1v) is 6.71. The first-order chi connectivity index (χ1) is 8.10. The predicted molar refractivity (Wildman–Crippen MR) is 62.5 cm³/mol. The second-order valence-corrected chi connectivity index (χ2v) is 6.42. The van der Waals surface area contributed by atoms with E-state index >= 15 is 0 Å². The van der Waals surface area contributed by atoms with Crippen molar-refractivity contribution in [1.29, 1.82) is 0 Å². The van der Waals surface area contributed by atoms with Gasteiger partial charge in [0, 0.05) is 5.54 Å². The maximum atomic E-state index is 11.0. The number of aliphatic carboxylic acids is 1. The van der Waals surface area contributed by atoms with Crippen molar-refractivity contribution in [2.45, 2.75) is 50.1 Å². The number of carbonyl (C=O) groups is 1. The average Bonchev–Trinajstić information content (AvgIpc) is 2.23. The van der Waals surface area contributed by atoms with Gasteiger partial charge >= 0.3 is 5.97 Å². The van der Waals surface area contributed by atoms with Crippen molar-refractivity contribution in [3.8, 4) is 0 Å². The topological polar surface area (TPSA) is 69.6 Å². The fourth-order valence-corrected chi connectivity index (χ4v) is 4.84. The molecule has 0 radical (unpaired) electrons. The first kappa shape index (κ1) is 11.5. The Morgan fingerprint density at radius 3 is 2.00 bits per heavy atom. The SMILES string of the molecule is O=C(O)C(CO)NC12CC3CC(CC(C3)C1)C2. The fraction of sp³-hybridized carbons (Fsp3) is 0.923. The summed E-state index contributed by atoms with van der Waals surface area (Å²) in [7, 11) is 0. The van der Waals surface area contributed by atoms with Crippen LogP contribution in [0.2, 0.25) is 0 Å². The summed E-state index contributed by atoms with van der Waals surface area (Å²) in [5.74, 6) is 1.45. The van der Waals surface area contributed by atoms with E-state index in [9.17, 15) is 4.79 Å². The van der Waals surface area contributed by atoms with E-state index in [0.29, 0.717) is 0 Å². The molecule has 0 aliphatic heterocycles. The van der Waals surface area contributed by atoms with Gasteiger partial charge in [-0.25, -0.2) is 0 Å². The Hall–Kier alpha value is -0.610. The van der Waals surface area contributed by atoms with Crippen molar-refractivity contribution < 1.29 is 15.0 Å². The molecule has 1 atom stereocenters. The molecule has 0 aromatic rings. The van der Waals surface area contributed by atoms with Gasteiger partial charge < -0.3 is 10.2 Å². The minimum Gasteiger partial charge on any atom is -0.480 e. The smallest absolute Gasteiger partial charge is 0.323 e. The van der Waals surface area contributed by atoms with E-state index in [1.54, 1.807) is 0 Å². The highest BCUT2D eigenvalue weighted by Crippen LogP contribution is 2.55. The molecule has 4 saturated carbocycles. The summed E-state index contributed by atoms with van der Waals surface area (Å²) in [5, 5.41) is 21.5. The molecule has 0 aromatic heterocycles. The molecule has 0 saturated heterocycles. The monoisotopic (exact) mass is 239 g/mol. The molecular formula is C13H21NO3. The Morgan fingerprint density at radius 2 is 1.65 bits per heavy atom. The second kappa shape index (κ2) is 3.95. The van der Waals surface area contributed by atoms with Crippen LogP contribution in [-0.2, 0) is 4.79 Å². The van der Waals surface area contributed by atoms with Gasteiger partial charge in [0.1, 0.15) is 6.04 Å². The maximum Gasteiger partial charge on any atom is 0.323 e. The zero-order chi connectivity index (χ0) is 12.0. The van der Waals surface area contributed by atoms with Crippen LogP contribution in [0.4, 0.5) is 0 Å². The Kier molecular flexibility index (Phi) is 2.67. The van der Waals surface area contributed by atoms with Gasteiger partial charge in [0.25, 0.3) is 0 Å². The van der Waals surface area contributed by atoms with Gasteiger partial charge in [-0.3, -0.25) is 10.1 Å². The number of carboxylic acid groups (broad SMARTS) is 1. The molecule has 0 aromatic carbocycles. The standard InChI is InChI=1S/C13H21NO3/c15-7-11(12(16)17)14-13-4-8-1-9(5-13)3-10(2-8)6-13/h8-11,14-15H,1-7H2,(H,16,17). The lowest BCUT2D eigenvalue weighted by Gasteiger charge is -2.57. The van der Waals surface area contributed by atoms with E-state index in [4.69, 9.17) is 10.2 Å². The van der Waals surface area contributed by atoms with Crippen molar-refractivity contribution in [2.75, 3.05) is 6.61 Å². The lowest BCUT2D eigenvalue weighted by Crippen LogP contribution is -2.62. The average molecular weight is 239 g/mol. The number of hydrogen-bond acceptors (Lipinski definition) is 3. The normalized spacial score (nSPS) is 44.9. The molecule has 4 nitrogen and oxygen atoms in total. The van der Waals surface area contributed by atoms with Crippen LogP contribution in [0.1, 0.15) is 38.5 Å². The molecule has 4 aliphatic carbocycles. The quantitative estimate of drug-likeness (QED) is 0.684. The molecule has 1 unspecified atom stereocenters. The Morgan fingerprint density at radius 1 is 1.18 bits per heavy atom. The summed E-state index contributed by atoms with van der Waals surface area (Å²) in [6.45, 7) is -0.308. The lowest BCUT2D eigenvalue weighted by molar-refractivity contribution is -0.142. The van der Waals surface area contributed by atoms with Crippen LogP contribution >= 0.6 is 0 Å². The maximum absolute atomic E-state index is 11.0. The highest BCUT2D eigenvalue weighted by Gasteiger charge is 2.51. The van der Waals surface area contributed by atoms with E-state index in [1.807, 2.05) is 0 Å². The molecule has 4 aliphatic rings. The summed E-state index contributed by atoms with van der Waals surface area (Å²) in [6.07, 6.45) is 7.38. The number of hydrogen-bond donors (Lipinski definition) is 3. The zero-order valence-corrected chi connectivity index (χ0v) is 10.1. The van der Waals surface area contributed by atoms with Gasteiger partial charge in [-0.15, -0.1) is 0 Å². The molecule has 3 N–H and O–H groups in total. The highest BCUT2D eigenvalue weighted by molar-refractivity contribution is 5.73. The van der Waals surface area contributed by atoms with Gasteiger partial charge in [-0.05, 0) is 56.3 Å². The summed E-state index contributed by atoms with van der Waals surface area (Å²) >= 11 is 0. The van der Waals surface area contributed by atoms with Crippen molar-refractivity contribution in [3.63, 3.8) is 0 Å². The van der Waals surface area contributed by atoms with E-state index < -0.39 is 12.0 Å². The molecule has 96 valence electrons. The van der Waals surface area contributed by atoms with E-state index in [-0.39, 0.29) is 12.1 Å². The van der Waals surface area contributed by atoms with Crippen LogP contribution in [0.5, 0.6) is 0 Å². The minimum absolute atomic E-state index is 0.0144. The molecule has 0 heterocycles. The number of aliphatic hydroxyl groups is 1. The van der Waals surface area contributed by atoms with E-state index in [0.717, 1.165) is 37.0 Å². The van der Waals surface area contributed by atoms with Gasteiger partial charge in [0.05, 0.1) is 6.61 Å². The molecule has 4 bridgehead atoms. The van der Waals surface area contributed by atoms with Crippen LogP contribution in [-0.4, -0.2) is 34.4 Å². The molecular weight excluding hydrogens is 218 g/mol. The Labute approximate surface area is 101 Å². The van der Waals surface area contributed by atoms with Crippen molar-refractivity contribution in [1.82, 2.24) is 5.32 Å². The summed E-state index contributed by atoms with van der Waals surface area (Å²) < 4.78 is 0. The van der Waals surface area contributed by atoms with E-state index in [2.05, 4.69) is 5.32 Å². The van der Waals surface area contributed by atoms with Gasteiger partial charge in [-0.2, -0.15) is 0 Å². The van der Waals surface area contributed by atoms with Crippen molar-refractivity contribution in [2.24, 2.45) is 17.8 Å². The third-order valence-electron chi connectivity index (χ3n) is 5.00. The molecule has 4 rings (SSSR count). The fourth-order valence-electron chi connectivity index (χ4n) is 4.84. The molecule has 4 fully saturated rings. The number of rotatable bonds is 4. The van der Waals surface area contributed by atoms with Gasteiger partial charge in [-0.1, -0.05) is 0 Å². The van der Waals surface area contributed by atoms with Gasteiger partial charge in [0.2, 0.25) is 0 Å². The lowest BCUT2D eigenvalue weighted by atomic mass is 9.53. The third-order valence-corrected chi connectivity index (χ3v) is 5.00. The summed E-state index contributed by atoms with van der Waals surface area (Å²) in [5.41, 5.74) is 0.0144. The largest absolute Gasteiger partial charge is 0.480 e. The van der Waals surface area contributed by atoms with Crippen LogP contribution < -0.4 is 5.32 Å². The molecule has 17 heavy (non-hydrogen) atoms. The second-order valence-electron chi connectivity index (χ2n) is 6.42. The van der Waals surface area contributed by atoms with Crippen LogP contribution in [0.25, 0.3) is 0 Å². The Balaban J connectivity index is 1.75. The van der Waals surface area contributed by atoms with Crippen LogP contribution in [0.3, 0.4) is 0 Å². The Bertz CT molecular complexity index is 293. The number of aliphatic hydroxyl groups excluding tert-OH is 1. The highest BCUT2D eigenvalue weighted by atomic mass is 16.4. The molecule has 0 spiro atoms. The summed E-state index contributed by atoms with van der Waals surface area (Å²) in [6, 6.07) is -0.786. The molecule has 0 amide bonds. The van der Waals surface area contributed by atoms with Crippen LogP contribution in [0.15, 0.2) is 0 Å². The first-order valence-electron chi connectivity index (χ1n) is 6.71. The van der Waals surface area contributed by atoms with E-state index in [1.165, 1.54) is 19.3 Å². The summed E-state index contributed by atoms with van der Waals surface area (Å²) in [4.78, 5) is 11.0. The zero-order valence-electron chi connectivity index (χ0n) is 10.1. The third kappa shape index (κ3) is 1.97.